The molecule has 1 unspecified atom stereocenters. The molecule has 2 N–H and O–H groups in total. The number of halogens is 1. The first kappa shape index (κ1) is 17.3. The molecule has 0 radical (unpaired) electrons. The zero-order valence-electron chi connectivity index (χ0n) is 13.1. The second-order valence-electron chi connectivity index (χ2n) is 5.96. The van der Waals surface area contributed by atoms with Crippen LogP contribution in [0.1, 0.15) is 37.9 Å². The van der Waals surface area contributed by atoms with E-state index in [1.54, 1.807) is 0 Å². The van der Waals surface area contributed by atoms with Crippen LogP contribution >= 0.6 is 11.6 Å². The van der Waals surface area contributed by atoms with E-state index in [-0.39, 0.29) is 11.8 Å². The molecule has 1 aromatic carbocycles. The van der Waals surface area contributed by atoms with E-state index in [4.69, 9.17) is 11.6 Å². The van der Waals surface area contributed by atoms with Gasteiger partial charge in [-0.25, -0.2) is 0 Å². The fourth-order valence-corrected chi connectivity index (χ4v) is 3.01. The van der Waals surface area contributed by atoms with E-state index in [2.05, 4.69) is 10.2 Å². The van der Waals surface area contributed by atoms with Gasteiger partial charge in [0.25, 0.3) is 0 Å². The topological polar surface area (TPSA) is 52.6 Å². The van der Waals surface area contributed by atoms with Crippen LogP contribution in [0.4, 0.5) is 0 Å². The maximum absolute atomic E-state index is 11.7. The highest BCUT2D eigenvalue weighted by molar-refractivity contribution is 6.30. The Morgan fingerprint density at radius 1 is 1.36 bits per heavy atom. The van der Waals surface area contributed by atoms with Gasteiger partial charge in [0.15, 0.2) is 0 Å². The minimum absolute atomic E-state index is 0.0959. The molecule has 1 aliphatic rings. The third kappa shape index (κ3) is 4.97. The number of piperidine rings is 1. The zero-order chi connectivity index (χ0) is 15.9. The largest absolute Gasteiger partial charge is 0.388 e. The van der Waals surface area contributed by atoms with Crippen LogP contribution in [0.5, 0.6) is 0 Å². The summed E-state index contributed by atoms with van der Waals surface area (Å²) in [6.45, 7) is 4.96. The summed E-state index contributed by atoms with van der Waals surface area (Å²) in [5.41, 5.74) is 0.920. The number of nitrogens with one attached hydrogen (secondary N) is 1. The average Bonchev–Trinajstić information content (AvgIpc) is 2.54. The molecule has 0 saturated carbocycles. The van der Waals surface area contributed by atoms with Crippen molar-refractivity contribution >= 4 is 17.5 Å². The molecule has 0 spiro atoms. The van der Waals surface area contributed by atoms with Crippen LogP contribution in [0.3, 0.4) is 0 Å². The van der Waals surface area contributed by atoms with Gasteiger partial charge in [0, 0.05) is 11.6 Å². The van der Waals surface area contributed by atoms with Crippen molar-refractivity contribution in [3.05, 3.63) is 34.9 Å². The number of carbonyl (C=O) groups excluding carboxylic acids is 1. The molecule has 0 aliphatic carbocycles. The monoisotopic (exact) mass is 324 g/mol. The molecule has 1 heterocycles. The number of rotatable bonds is 6. The number of likely N-dealkylation sites (tertiary alicyclic amines) is 1. The molecule has 1 aliphatic heterocycles. The molecule has 2 rings (SSSR count). The molecule has 4 nitrogen and oxygen atoms in total. The van der Waals surface area contributed by atoms with E-state index in [9.17, 15) is 9.90 Å². The molecular formula is C17H25ClN2O2. The summed E-state index contributed by atoms with van der Waals surface area (Å²) in [7, 11) is 0. The highest BCUT2D eigenvalue weighted by atomic mass is 35.5. The van der Waals surface area contributed by atoms with Gasteiger partial charge in [-0.3, -0.25) is 9.69 Å². The normalized spacial score (nSPS) is 18.1. The number of amides is 1. The van der Waals surface area contributed by atoms with Crippen molar-refractivity contribution in [3.8, 4) is 0 Å². The van der Waals surface area contributed by atoms with E-state index in [0.29, 0.717) is 11.6 Å². The van der Waals surface area contributed by atoms with E-state index < -0.39 is 6.10 Å². The van der Waals surface area contributed by atoms with E-state index in [1.807, 2.05) is 31.2 Å². The summed E-state index contributed by atoms with van der Waals surface area (Å²) in [6.07, 6.45) is 2.32. The van der Waals surface area contributed by atoms with Gasteiger partial charge in [0.05, 0.1) is 12.6 Å². The Kier molecular flexibility index (Phi) is 6.68. The Labute approximate surface area is 137 Å². The van der Waals surface area contributed by atoms with Gasteiger partial charge in [0.2, 0.25) is 5.91 Å². The van der Waals surface area contributed by atoms with Crippen molar-refractivity contribution in [1.82, 2.24) is 10.2 Å². The number of hydrogen-bond donors (Lipinski definition) is 2. The standard InChI is InChI=1S/C17H25ClN2O2/c1-2-9-19-16(21)12-20-10-7-14(8-11-20)17(22)13-3-5-15(18)6-4-13/h3-6,14,17,22H,2,7-12H2,1H3,(H,19,21). The SMILES string of the molecule is CCCNC(=O)CN1CCC(C(O)c2ccc(Cl)cc2)CC1. The molecule has 22 heavy (non-hydrogen) atoms. The Morgan fingerprint density at radius 3 is 2.59 bits per heavy atom. The predicted octanol–water partition coefficient (Wildman–Crippen LogP) is 2.61. The molecule has 1 amide bonds. The number of aliphatic hydroxyl groups is 1. The summed E-state index contributed by atoms with van der Waals surface area (Å²) in [4.78, 5) is 13.9. The molecular weight excluding hydrogens is 300 g/mol. The van der Waals surface area contributed by atoms with Crippen molar-refractivity contribution in [2.24, 2.45) is 5.92 Å². The molecule has 0 bridgehead atoms. The predicted molar refractivity (Wildman–Crippen MR) is 88.9 cm³/mol. The van der Waals surface area contributed by atoms with Gasteiger partial charge in [-0.05, 0) is 56.0 Å². The van der Waals surface area contributed by atoms with Crippen molar-refractivity contribution < 1.29 is 9.90 Å². The fourth-order valence-electron chi connectivity index (χ4n) is 2.88. The van der Waals surface area contributed by atoms with Gasteiger partial charge >= 0.3 is 0 Å². The van der Waals surface area contributed by atoms with Crippen LogP contribution < -0.4 is 5.32 Å². The van der Waals surface area contributed by atoms with Crippen LogP contribution in [0.15, 0.2) is 24.3 Å². The maximum atomic E-state index is 11.7. The quantitative estimate of drug-likeness (QED) is 0.845. The van der Waals surface area contributed by atoms with Crippen molar-refractivity contribution in [3.63, 3.8) is 0 Å². The molecule has 1 fully saturated rings. The summed E-state index contributed by atoms with van der Waals surface area (Å²) in [5, 5.41) is 14.1. The minimum atomic E-state index is -0.451. The third-order valence-corrected chi connectivity index (χ3v) is 4.48. The second-order valence-corrected chi connectivity index (χ2v) is 6.40. The Bertz CT molecular complexity index is 470. The summed E-state index contributed by atoms with van der Waals surface area (Å²) in [5.74, 6) is 0.342. The number of nitrogens with zero attached hydrogens (tertiary/aromatic N) is 1. The summed E-state index contributed by atoms with van der Waals surface area (Å²) < 4.78 is 0. The van der Waals surface area contributed by atoms with E-state index in [1.165, 1.54) is 0 Å². The molecule has 1 aromatic rings. The van der Waals surface area contributed by atoms with Crippen molar-refractivity contribution in [2.45, 2.75) is 32.3 Å². The molecule has 1 atom stereocenters. The molecule has 0 aromatic heterocycles. The Hall–Kier alpha value is -1.10. The van der Waals surface area contributed by atoms with Crippen molar-refractivity contribution in [1.29, 1.82) is 0 Å². The lowest BCUT2D eigenvalue weighted by Gasteiger charge is -2.34. The van der Waals surface area contributed by atoms with Crippen molar-refractivity contribution in [2.75, 3.05) is 26.2 Å². The van der Waals surface area contributed by atoms with Gasteiger partial charge < -0.3 is 10.4 Å². The number of carbonyl (C=O) groups is 1. The summed E-state index contributed by atoms with van der Waals surface area (Å²) >= 11 is 5.88. The smallest absolute Gasteiger partial charge is 0.234 e. The fraction of sp³-hybridized carbons (Fsp3) is 0.588. The number of hydrogen-bond acceptors (Lipinski definition) is 3. The van der Waals surface area contributed by atoms with E-state index in [0.717, 1.165) is 44.5 Å². The van der Waals surface area contributed by atoms with Crippen LogP contribution in [0.25, 0.3) is 0 Å². The average molecular weight is 325 g/mol. The van der Waals surface area contributed by atoms with Gasteiger partial charge in [-0.2, -0.15) is 0 Å². The Morgan fingerprint density at radius 2 is 2.00 bits per heavy atom. The van der Waals surface area contributed by atoms with Crippen LogP contribution in [-0.2, 0) is 4.79 Å². The van der Waals surface area contributed by atoms with E-state index >= 15 is 0 Å². The maximum Gasteiger partial charge on any atom is 0.234 e. The van der Waals surface area contributed by atoms with Crippen LogP contribution in [0.2, 0.25) is 5.02 Å². The van der Waals surface area contributed by atoms with Crippen LogP contribution in [-0.4, -0.2) is 42.1 Å². The second kappa shape index (κ2) is 8.51. The first-order valence-corrected chi connectivity index (χ1v) is 8.40. The Balaban J connectivity index is 1.79. The number of aliphatic hydroxyl groups excluding tert-OH is 1. The zero-order valence-corrected chi connectivity index (χ0v) is 13.9. The first-order chi connectivity index (χ1) is 10.6. The third-order valence-electron chi connectivity index (χ3n) is 4.23. The first-order valence-electron chi connectivity index (χ1n) is 8.02. The van der Waals surface area contributed by atoms with Crippen LogP contribution in [0, 0.1) is 5.92 Å². The van der Waals surface area contributed by atoms with Gasteiger partial charge in [-0.15, -0.1) is 0 Å². The van der Waals surface area contributed by atoms with Gasteiger partial charge in [-0.1, -0.05) is 30.7 Å². The van der Waals surface area contributed by atoms with Gasteiger partial charge in [0.1, 0.15) is 0 Å². The highest BCUT2D eigenvalue weighted by Crippen LogP contribution is 2.31. The molecule has 5 heteroatoms. The molecule has 122 valence electrons. The lowest BCUT2D eigenvalue weighted by molar-refractivity contribution is -0.122. The minimum Gasteiger partial charge on any atom is -0.388 e. The lowest BCUT2D eigenvalue weighted by Crippen LogP contribution is -2.42. The lowest BCUT2D eigenvalue weighted by atomic mass is 9.87. The summed E-state index contributed by atoms with van der Waals surface area (Å²) in [6, 6.07) is 7.40. The molecule has 1 saturated heterocycles. The highest BCUT2D eigenvalue weighted by Gasteiger charge is 2.26. The number of benzene rings is 1.